The normalized spacial score (nSPS) is 23.7. The summed E-state index contributed by atoms with van der Waals surface area (Å²) in [4.78, 5) is 16.3. The molecule has 3 heteroatoms. The average molecular weight is 212 g/mol. The highest BCUT2D eigenvalue weighted by Crippen LogP contribution is 2.25. The third-order valence-electron chi connectivity index (χ3n) is 2.94. The summed E-state index contributed by atoms with van der Waals surface area (Å²) < 4.78 is 0. The van der Waals surface area contributed by atoms with Crippen LogP contribution in [0.15, 0.2) is 0 Å². The number of rotatable bonds is 2. The van der Waals surface area contributed by atoms with Crippen molar-refractivity contribution in [1.82, 2.24) is 9.80 Å². The van der Waals surface area contributed by atoms with Crippen LogP contribution in [0.3, 0.4) is 0 Å². The Labute approximate surface area is 93.4 Å². The molecular weight excluding hydrogens is 188 g/mol. The van der Waals surface area contributed by atoms with Crippen LogP contribution in [0, 0.1) is 5.92 Å². The second kappa shape index (κ2) is 4.52. The fourth-order valence-electron chi connectivity index (χ4n) is 2.23. The van der Waals surface area contributed by atoms with Crippen molar-refractivity contribution < 1.29 is 4.79 Å². The molecule has 0 spiro atoms. The summed E-state index contributed by atoms with van der Waals surface area (Å²) in [5, 5.41) is 0. The molecule has 1 unspecified atom stereocenters. The van der Waals surface area contributed by atoms with Crippen LogP contribution in [0.4, 0.5) is 0 Å². The Morgan fingerprint density at radius 2 is 2.00 bits per heavy atom. The van der Waals surface area contributed by atoms with Crippen molar-refractivity contribution in [2.24, 2.45) is 5.92 Å². The number of hydrogen-bond acceptors (Lipinski definition) is 2. The SMILES string of the molecule is CN(C)CC1CCCN(C(C)(C)C)C1=O. The molecule has 1 fully saturated rings. The number of likely N-dealkylation sites (tertiary alicyclic amines) is 1. The van der Waals surface area contributed by atoms with E-state index in [-0.39, 0.29) is 11.5 Å². The minimum absolute atomic E-state index is 0.0257. The third kappa shape index (κ3) is 3.20. The first-order chi connectivity index (χ1) is 6.82. The van der Waals surface area contributed by atoms with Gasteiger partial charge in [0.05, 0.1) is 5.92 Å². The molecule has 0 aliphatic carbocycles. The van der Waals surface area contributed by atoms with E-state index in [0.717, 1.165) is 25.9 Å². The van der Waals surface area contributed by atoms with E-state index in [0.29, 0.717) is 5.91 Å². The predicted octanol–water partition coefficient (Wildman–Crippen LogP) is 1.59. The highest BCUT2D eigenvalue weighted by Gasteiger charge is 2.34. The molecule has 1 saturated heterocycles. The Morgan fingerprint density at radius 3 is 2.47 bits per heavy atom. The van der Waals surface area contributed by atoms with E-state index in [1.54, 1.807) is 0 Å². The number of amides is 1. The van der Waals surface area contributed by atoms with Crippen LogP contribution in [0.5, 0.6) is 0 Å². The van der Waals surface area contributed by atoms with Gasteiger partial charge in [-0.1, -0.05) is 0 Å². The molecule has 88 valence electrons. The zero-order chi connectivity index (χ0) is 11.6. The maximum Gasteiger partial charge on any atom is 0.227 e. The number of piperidine rings is 1. The Kier molecular flexibility index (Phi) is 3.77. The second-order valence-electron chi connectivity index (χ2n) is 5.76. The molecule has 0 aromatic heterocycles. The van der Waals surface area contributed by atoms with Crippen LogP contribution in [0.25, 0.3) is 0 Å². The smallest absolute Gasteiger partial charge is 0.227 e. The molecule has 0 aromatic carbocycles. The number of carbonyl (C=O) groups excluding carboxylic acids is 1. The lowest BCUT2D eigenvalue weighted by atomic mass is 9.92. The van der Waals surface area contributed by atoms with Gasteiger partial charge in [0, 0.05) is 18.6 Å². The summed E-state index contributed by atoms with van der Waals surface area (Å²) in [5.74, 6) is 0.537. The Morgan fingerprint density at radius 1 is 1.40 bits per heavy atom. The molecule has 0 bridgehead atoms. The summed E-state index contributed by atoms with van der Waals surface area (Å²) in [6.45, 7) is 8.15. The van der Waals surface area contributed by atoms with Gasteiger partial charge in [0.25, 0.3) is 0 Å². The van der Waals surface area contributed by atoms with Crippen molar-refractivity contribution in [1.29, 1.82) is 0 Å². The van der Waals surface area contributed by atoms with Gasteiger partial charge in [-0.05, 0) is 47.7 Å². The van der Waals surface area contributed by atoms with Crippen molar-refractivity contribution in [2.45, 2.75) is 39.2 Å². The topological polar surface area (TPSA) is 23.6 Å². The monoisotopic (exact) mass is 212 g/mol. The standard InChI is InChI=1S/C12H24N2O/c1-12(2,3)14-8-6-7-10(11(14)15)9-13(4)5/h10H,6-9H2,1-5H3. The number of hydrogen-bond donors (Lipinski definition) is 0. The minimum Gasteiger partial charge on any atom is -0.338 e. The van der Waals surface area contributed by atoms with E-state index in [2.05, 4.69) is 25.7 Å². The van der Waals surface area contributed by atoms with Crippen LogP contribution in [-0.2, 0) is 4.79 Å². The molecule has 1 aliphatic heterocycles. The predicted molar refractivity (Wildman–Crippen MR) is 62.7 cm³/mol. The second-order valence-corrected chi connectivity index (χ2v) is 5.76. The number of nitrogens with zero attached hydrogens (tertiary/aromatic N) is 2. The van der Waals surface area contributed by atoms with Gasteiger partial charge in [0.1, 0.15) is 0 Å². The first-order valence-corrected chi connectivity index (χ1v) is 5.78. The molecule has 0 radical (unpaired) electrons. The zero-order valence-electron chi connectivity index (χ0n) is 10.7. The van der Waals surface area contributed by atoms with Crippen molar-refractivity contribution in [2.75, 3.05) is 27.2 Å². The van der Waals surface area contributed by atoms with Gasteiger partial charge in [0.15, 0.2) is 0 Å². The molecule has 0 aromatic rings. The van der Waals surface area contributed by atoms with Gasteiger partial charge in [-0.2, -0.15) is 0 Å². The van der Waals surface area contributed by atoms with Gasteiger partial charge in [-0.3, -0.25) is 4.79 Å². The van der Waals surface area contributed by atoms with Crippen LogP contribution in [0.2, 0.25) is 0 Å². The first-order valence-electron chi connectivity index (χ1n) is 5.78. The summed E-state index contributed by atoms with van der Waals surface area (Å²) in [7, 11) is 4.06. The molecular formula is C12H24N2O. The van der Waals surface area contributed by atoms with Crippen LogP contribution < -0.4 is 0 Å². The fraction of sp³-hybridized carbons (Fsp3) is 0.917. The Balaban J connectivity index is 2.67. The summed E-state index contributed by atoms with van der Waals surface area (Å²) in [6, 6.07) is 0. The van der Waals surface area contributed by atoms with Crippen LogP contribution in [-0.4, -0.2) is 48.4 Å². The fourth-order valence-corrected chi connectivity index (χ4v) is 2.23. The van der Waals surface area contributed by atoms with E-state index in [1.807, 2.05) is 19.0 Å². The van der Waals surface area contributed by atoms with E-state index in [4.69, 9.17) is 0 Å². The van der Waals surface area contributed by atoms with Crippen molar-refractivity contribution in [3.63, 3.8) is 0 Å². The molecule has 1 atom stereocenters. The Bertz CT molecular complexity index is 230. The molecule has 15 heavy (non-hydrogen) atoms. The van der Waals surface area contributed by atoms with Gasteiger partial charge < -0.3 is 9.80 Å². The third-order valence-corrected chi connectivity index (χ3v) is 2.94. The maximum atomic E-state index is 12.2. The van der Waals surface area contributed by atoms with E-state index >= 15 is 0 Å². The molecule has 3 nitrogen and oxygen atoms in total. The number of carbonyl (C=O) groups is 1. The van der Waals surface area contributed by atoms with Gasteiger partial charge >= 0.3 is 0 Å². The van der Waals surface area contributed by atoms with E-state index < -0.39 is 0 Å². The molecule has 1 aliphatic rings. The van der Waals surface area contributed by atoms with Crippen molar-refractivity contribution in [3.05, 3.63) is 0 Å². The highest BCUT2D eigenvalue weighted by molar-refractivity contribution is 5.80. The molecule has 0 saturated carbocycles. The lowest BCUT2D eigenvalue weighted by molar-refractivity contribution is -0.144. The maximum absolute atomic E-state index is 12.2. The lowest BCUT2D eigenvalue weighted by Crippen LogP contribution is -2.52. The Hall–Kier alpha value is -0.570. The largest absolute Gasteiger partial charge is 0.338 e. The average Bonchev–Trinajstić information content (AvgIpc) is 2.05. The first kappa shape index (κ1) is 12.5. The van der Waals surface area contributed by atoms with E-state index in [9.17, 15) is 4.79 Å². The van der Waals surface area contributed by atoms with Crippen molar-refractivity contribution >= 4 is 5.91 Å². The summed E-state index contributed by atoms with van der Waals surface area (Å²) in [6.07, 6.45) is 2.19. The zero-order valence-corrected chi connectivity index (χ0v) is 10.7. The molecule has 1 rings (SSSR count). The highest BCUT2D eigenvalue weighted by atomic mass is 16.2. The summed E-state index contributed by atoms with van der Waals surface area (Å²) >= 11 is 0. The quantitative estimate of drug-likeness (QED) is 0.694. The molecule has 1 amide bonds. The van der Waals surface area contributed by atoms with Gasteiger partial charge in [-0.25, -0.2) is 0 Å². The van der Waals surface area contributed by atoms with Crippen LogP contribution >= 0.6 is 0 Å². The van der Waals surface area contributed by atoms with E-state index in [1.165, 1.54) is 0 Å². The molecule has 0 N–H and O–H groups in total. The van der Waals surface area contributed by atoms with Gasteiger partial charge in [0.2, 0.25) is 5.91 Å². The summed E-state index contributed by atoms with van der Waals surface area (Å²) in [5.41, 5.74) is -0.0257. The van der Waals surface area contributed by atoms with Crippen molar-refractivity contribution in [3.8, 4) is 0 Å². The minimum atomic E-state index is -0.0257. The van der Waals surface area contributed by atoms with Crippen LogP contribution in [0.1, 0.15) is 33.6 Å². The van der Waals surface area contributed by atoms with Gasteiger partial charge in [-0.15, -0.1) is 0 Å². The molecule has 1 heterocycles. The lowest BCUT2D eigenvalue weighted by Gasteiger charge is -2.42.